The molecule has 3 heteroatoms. The zero-order chi connectivity index (χ0) is 12.6. The van der Waals surface area contributed by atoms with Crippen LogP contribution in [-0.2, 0) is 9.31 Å². The first-order valence-electron chi connectivity index (χ1n) is 6.17. The van der Waals surface area contributed by atoms with Crippen LogP contribution in [0.3, 0.4) is 0 Å². The van der Waals surface area contributed by atoms with E-state index in [-0.39, 0.29) is 0 Å². The Morgan fingerprint density at radius 1 is 0.765 bits per heavy atom. The Hall–Kier alpha value is -1.38. The lowest BCUT2D eigenvalue weighted by Crippen LogP contribution is -1.93. The summed E-state index contributed by atoms with van der Waals surface area (Å²) in [5.74, 6) is 0. The predicted octanol–water partition coefficient (Wildman–Crippen LogP) is 4.29. The highest BCUT2D eigenvalue weighted by Crippen LogP contribution is 1.90. The molecule has 0 rings (SSSR count). The molecule has 0 atom stereocenters. The van der Waals surface area contributed by atoms with Crippen molar-refractivity contribution < 1.29 is 9.31 Å². The highest BCUT2D eigenvalue weighted by Gasteiger charge is 1.86. The van der Waals surface area contributed by atoms with Gasteiger partial charge in [-0.05, 0) is 25.0 Å². The topological polar surface area (TPSA) is 18.5 Å². The number of hydrogen-bond donors (Lipinski definition) is 0. The molecule has 0 aliphatic rings. The molecule has 1 radical (unpaired) electrons. The van der Waals surface area contributed by atoms with Crippen molar-refractivity contribution in [2.45, 2.75) is 39.5 Å². The van der Waals surface area contributed by atoms with E-state index in [1.165, 1.54) is 7.69 Å². The fourth-order valence-electron chi connectivity index (χ4n) is 0.961. The molecule has 0 heterocycles. The summed E-state index contributed by atoms with van der Waals surface area (Å²) in [6.45, 7) is 4.29. The van der Waals surface area contributed by atoms with Crippen molar-refractivity contribution in [3.8, 4) is 0 Å². The molecule has 0 amide bonds. The molecule has 0 N–H and O–H groups in total. The van der Waals surface area contributed by atoms with Crippen LogP contribution in [-0.4, -0.2) is 7.69 Å². The van der Waals surface area contributed by atoms with Gasteiger partial charge in [0.15, 0.2) is 0 Å². The minimum absolute atomic E-state index is 1.09. The quantitative estimate of drug-likeness (QED) is 0.242. The molecule has 0 aliphatic carbocycles. The summed E-state index contributed by atoms with van der Waals surface area (Å²) in [4.78, 5) is 0. The average molecular weight is 233 g/mol. The minimum Gasteiger partial charge on any atom is -0.532 e. The van der Waals surface area contributed by atoms with Gasteiger partial charge in [0.1, 0.15) is 0 Å². The smallest absolute Gasteiger partial charge is 0.532 e. The van der Waals surface area contributed by atoms with Gasteiger partial charge in [0.05, 0.1) is 12.5 Å². The summed E-state index contributed by atoms with van der Waals surface area (Å²) in [6, 6.07) is 0. The maximum atomic E-state index is 4.99. The van der Waals surface area contributed by atoms with Crippen LogP contribution in [0.4, 0.5) is 0 Å². The molecule has 0 fully saturated rings. The van der Waals surface area contributed by atoms with Crippen LogP contribution in [0.2, 0.25) is 0 Å². The SMILES string of the molecule is CCCC=CC=CO[B]OC=C/C=C/CCC. The van der Waals surface area contributed by atoms with Gasteiger partial charge in [-0.25, -0.2) is 0 Å². The Morgan fingerprint density at radius 2 is 1.24 bits per heavy atom. The summed E-state index contributed by atoms with van der Waals surface area (Å²) < 4.78 is 9.97. The number of hydrogen-bond acceptors (Lipinski definition) is 2. The summed E-state index contributed by atoms with van der Waals surface area (Å²) >= 11 is 0. The monoisotopic (exact) mass is 233 g/mol. The highest BCUT2D eigenvalue weighted by molar-refractivity contribution is 6.18. The van der Waals surface area contributed by atoms with E-state index in [2.05, 4.69) is 26.0 Å². The standard InChI is InChI=1S/C14H22BO2/c1-3-5-7-9-11-13-16-15-17-14-12-10-8-6-4-2/h7-14H,3-6H2,1-2H3/b9-7+,10-8?,13-11?,14-12?. The van der Waals surface area contributed by atoms with E-state index in [1.807, 2.05) is 24.3 Å². The fraction of sp³-hybridized carbons (Fsp3) is 0.429. The van der Waals surface area contributed by atoms with Crippen molar-refractivity contribution in [2.24, 2.45) is 0 Å². The first-order valence-corrected chi connectivity index (χ1v) is 6.17. The normalized spacial score (nSPS) is 12.1. The zero-order valence-electron chi connectivity index (χ0n) is 10.8. The van der Waals surface area contributed by atoms with E-state index < -0.39 is 0 Å². The number of unbranched alkanes of at least 4 members (excludes halogenated alkanes) is 2. The van der Waals surface area contributed by atoms with Crippen molar-refractivity contribution >= 4 is 7.69 Å². The molecule has 0 unspecified atom stereocenters. The Balaban J connectivity index is 3.33. The summed E-state index contributed by atoms with van der Waals surface area (Å²) in [7, 11) is 1.29. The maximum Gasteiger partial charge on any atom is 0.657 e. The molecule has 0 spiro atoms. The lowest BCUT2D eigenvalue weighted by atomic mass is 10.3. The molecule has 0 aromatic rings. The van der Waals surface area contributed by atoms with Crippen LogP contribution in [0, 0.1) is 0 Å². The fourth-order valence-corrected chi connectivity index (χ4v) is 0.961. The van der Waals surface area contributed by atoms with Crippen molar-refractivity contribution in [3.05, 3.63) is 49.0 Å². The van der Waals surface area contributed by atoms with E-state index in [4.69, 9.17) is 9.31 Å². The van der Waals surface area contributed by atoms with Crippen LogP contribution in [0.5, 0.6) is 0 Å². The molecule has 0 aromatic carbocycles. The molecule has 0 bridgehead atoms. The second-order valence-corrected chi connectivity index (χ2v) is 3.46. The van der Waals surface area contributed by atoms with Gasteiger partial charge in [-0.15, -0.1) is 0 Å². The second kappa shape index (κ2) is 14.6. The van der Waals surface area contributed by atoms with E-state index in [0.29, 0.717) is 0 Å². The van der Waals surface area contributed by atoms with Gasteiger partial charge in [-0.2, -0.15) is 0 Å². The summed E-state index contributed by atoms with van der Waals surface area (Å²) in [5, 5.41) is 0. The minimum atomic E-state index is 1.09. The van der Waals surface area contributed by atoms with Crippen LogP contribution in [0.15, 0.2) is 49.0 Å². The second-order valence-electron chi connectivity index (χ2n) is 3.46. The average Bonchev–Trinajstić information content (AvgIpc) is 2.35. The molecule has 0 saturated carbocycles. The first kappa shape index (κ1) is 15.6. The summed E-state index contributed by atoms with van der Waals surface area (Å²) in [5.41, 5.74) is 0. The van der Waals surface area contributed by atoms with Gasteiger partial charge in [-0.3, -0.25) is 0 Å². The highest BCUT2D eigenvalue weighted by atomic mass is 16.6. The van der Waals surface area contributed by atoms with Crippen molar-refractivity contribution in [2.75, 3.05) is 0 Å². The van der Waals surface area contributed by atoms with Gasteiger partial charge >= 0.3 is 7.69 Å². The van der Waals surface area contributed by atoms with Gasteiger partial charge < -0.3 is 9.31 Å². The predicted molar refractivity (Wildman–Crippen MR) is 74.3 cm³/mol. The van der Waals surface area contributed by atoms with Crippen molar-refractivity contribution in [1.29, 1.82) is 0 Å². The van der Waals surface area contributed by atoms with Gasteiger partial charge in [0, 0.05) is 0 Å². The molecule has 0 saturated heterocycles. The van der Waals surface area contributed by atoms with E-state index >= 15 is 0 Å². The van der Waals surface area contributed by atoms with Gasteiger partial charge in [-0.1, -0.05) is 51.0 Å². The molecular formula is C14H22BO2. The Kier molecular flexibility index (Phi) is 13.4. The molecule has 2 nitrogen and oxygen atoms in total. The van der Waals surface area contributed by atoms with Crippen LogP contribution in [0.25, 0.3) is 0 Å². The van der Waals surface area contributed by atoms with Crippen LogP contribution in [0.1, 0.15) is 39.5 Å². The molecule has 0 aromatic heterocycles. The molecule has 93 valence electrons. The van der Waals surface area contributed by atoms with Crippen LogP contribution < -0.4 is 0 Å². The van der Waals surface area contributed by atoms with E-state index in [0.717, 1.165) is 25.7 Å². The maximum absolute atomic E-state index is 4.99. The summed E-state index contributed by atoms with van der Waals surface area (Å²) in [6.07, 6.45) is 19.4. The molecular weight excluding hydrogens is 211 g/mol. The largest absolute Gasteiger partial charge is 0.657 e. The lowest BCUT2D eigenvalue weighted by molar-refractivity contribution is 0.376. The third-order valence-corrected chi connectivity index (χ3v) is 1.83. The first-order chi connectivity index (χ1) is 8.41. The van der Waals surface area contributed by atoms with Crippen molar-refractivity contribution in [3.63, 3.8) is 0 Å². The lowest BCUT2D eigenvalue weighted by Gasteiger charge is -1.94. The van der Waals surface area contributed by atoms with Crippen molar-refractivity contribution in [1.82, 2.24) is 0 Å². The Bertz CT molecular complexity index is 229. The number of rotatable bonds is 10. The zero-order valence-corrected chi connectivity index (χ0v) is 10.8. The molecule has 17 heavy (non-hydrogen) atoms. The van der Waals surface area contributed by atoms with Gasteiger partial charge in [0.25, 0.3) is 0 Å². The third kappa shape index (κ3) is 14.6. The Labute approximate surface area is 106 Å². The number of allylic oxidation sites excluding steroid dienone is 6. The van der Waals surface area contributed by atoms with E-state index in [1.54, 1.807) is 12.5 Å². The molecule has 0 aliphatic heterocycles. The van der Waals surface area contributed by atoms with E-state index in [9.17, 15) is 0 Å². The van der Waals surface area contributed by atoms with Crippen LogP contribution >= 0.6 is 0 Å². The Morgan fingerprint density at radius 3 is 1.65 bits per heavy atom. The third-order valence-electron chi connectivity index (χ3n) is 1.83. The van der Waals surface area contributed by atoms with Gasteiger partial charge in [0.2, 0.25) is 0 Å².